The Kier molecular flexibility index (Phi) is 7.13. The van der Waals surface area contributed by atoms with Gasteiger partial charge >= 0.3 is 5.97 Å². The van der Waals surface area contributed by atoms with E-state index in [1.165, 1.54) is 0 Å². The summed E-state index contributed by atoms with van der Waals surface area (Å²) in [5, 5.41) is 0. The van der Waals surface area contributed by atoms with Crippen LogP contribution in [0.3, 0.4) is 0 Å². The van der Waals surface area contributed by atoms with E-state index in [1.807, 2.05) is 51.1 Å². The van der Waals surface area contributed by atoms with Crippen molar-refractivity contribution in [1.29, 1.82) is 0 Å². The Bertz CT molecular complexity index is 379. The number of hydrogen-bond donors (Lipinski definition) is 0. The third-order valence-corrected chi connectivity index (χ3v) is 2.71. The molecule has 0 heterocycles. The van der Waals surface area contributed by atoms with Crippen molar-refractivity contribution >= 4 is 5.97 Å². The largest absolute Gasteiger partial charge is 0.494 e. The molecule has 0 fully saturated rings. The minimum Gasteiger partial charge on any atom is -0.494 e. The second kappa shape index (κ2) is 8.62. The van der Waals surface area contributed by atoms with Crippen LogP contribution in [0.5, 0.6) is 5.75 Å². The number of carbonyl (C=O) groups is 1. The van der Waals surface area contributed by atoms with E-state index in [0.717, 1.165) is 38.0 Å². The molecule has 0 saturated carbocycles. The Balaban J connectivity index is 1.96. The molecule has 3 nitrogen and oxygen atoms in total. The molecule has 0 amide bonds. The maximum Gasteiger partial charge on any atom is 0.306 e. The zero-order valence-corrected chi connectivity index (χ0v) is 12.9. The van der Waals surface area contributed by atoms with Gasteiger partial charge in [0, 0.05) is 6.42 Å². The molecule has 20 heavy (non-hydrogen) atoms. The molecule has 0 radical (unpaired) electrons. The SMILES string of the molecule is CC(C)(C)OC(=O)CCCCCCOc1ccccc1. The summed E-state index contributed by atoms with van der Waals surface area (Å²) in [6.07, 6.45) is 4.54. The molecule has 1 aromatic rings. The maximum atomic E-state index is 11.5. The van der Waals surface area contributed by atoms with Crippen LogP contribution < -0.4 is 4.74 Å². The molecule has 0 bridgehead atoms. The fourth-order valence-electron chi connectivity index (χ4n) is 1.82. The van der Waals surface area contributed by atoms with Crippen LogP contribution >= 0.6 is 0 Å². The second-order valence-corrected chi connectivity index (χ2v) is 5.91. The van der Waals surface area contributed by atoms with Crippen LogP contribution in [0.15, 0.2) is 30.3 Å². The molecule has 112 valence electrons. The molecule has 3 heteroatoms. The van der Waals surface area contributed by atoms with Gasteiger partial charge in [0.25, 0.3) is 0 Å². The van der Waals surface area contributed by atoms with Gasteiger partial charge in [-0.25, -0.2) is 0 Å². The molecular weight excluding hydrogens is 252 g/mol. The van der Waals surface area contributed by atoms with E-state index in [9.17, 15) is 4.79 Å². The standard InChI is InChI=1S/C17H26O3/c1-17(2,3)20-16(18)13-9-4-5-10-14-19-15-11-7-6-8-12-15/h6-8,11-12H,4-5,9-10,13-14H2,1-3H3. The molecule has 1 rings (SSSR count). The van der Waals surface area contributed by atoms with E-state index < -0.39 is 0 Å². The quantitative estimate of drug-likeness (QED) is 0.523. The predicted octanol–water partition coefficient (Wildman–Crippen LogP) is 4.36. The Morgan fingerprint density at radius 1 is 1.00 bits per heavy atom. The van der Waals surface area contributed by atoms with E-state index in [4.69, 9.17) is 9.47 Å². The van der Waals surface area contributed by atoms with Gasteiger partial charge in [0.2, 0.25) is 0 Å². The van der Waals surface area contributed by atoms with E-state index in [2.05, 4.69) is 0 Å². The topological polar surface area (TPSA) is 35.5 Å². The number of esters is 1. The van der Waals surface area contributed by atoms with Gasteiger partial charge in [-0.3, -0.25) is 4.79 Å². The highest BCUT2D eigenvalue weighted by Gasteiger charge is 2.15. The minimum absolute atomic E-state index is 0.0990. The third-order valence-electron chi connectivity index (χ3n) is 2.71. The van der Waals surface area contributed by atoms with Crippen molar-refractivity contribution in [2.24, 2.45) is 0 Å². The number of hydrogen-bond acceptors (Lipinski definition) is 3. The molecular formula is C17H26O3. The summed E-state index contributed by atoms with van der Waals surface area (Å²) in [5.74, 6) is 0.819. The molecule has 0 aromatic heterocycles. The van der Waals surface area contributed by atoms with Crippen molar-refractivity contribution in [3.05, 3.63) is 30.3 Å². The molecule has 0 aliphatic carbocycles. The molecule has 0 aliphatic heterocycles. The van der Waals surface area contributed by atoms with E-state index >= 15 is 0 Å². The van der Waals surface area contributed by atoms with Gasteiger partial charge in [-0.1, -0.05) is 31.0 Å². The minimum atomic E-state index is -0.374. The van der Waals surface area contributed by atoms with Crippen LogP contribution in [0.1, 0.15) is 52.9 Å². The Labute approximate surface area is 122 Å². The number of carbonyl (C=O) groups excluding carboxylic acids is 1. The second-order valence-electron chi connectivity index (χ2n) is 5.91. The number of ether oxygens (including phenoxy) is 2. The smallest absolute Gasteiger partial charge is 0.306 e. The molecule has 0 spiro atoms. The summed E-state index contributed by atoms with van der Waals surface area (Å²) in [5.41, 5.74) is -0.374. The van der Waals surface area contributed by atoms with Gasteiger partial charge in [-0.15, -0.1) is 0 Å². The summed E-state index contributed by atoms with van der Waals surface area (Å²) in [4.78, 5) is 11.5. The highest BCUT2D eigenvalue weighted by Crippen LogP contribution is 2.12. The molecule has 0 unspecified atom stereocenters. The van der Waals surface area contributed by atoms with Crippen LogP contribution in [0.4, 0.5) is 0 Å². The zero-order valence-electron chi connectivity index (χ0n) is 12.9. The fraction of sp³-hybridized carbons (Fsp3) is 0.588. The van der Waals surface area contributed by atoms with E-state index in [0.29, 0.717) is 6.42 Å². The first kappa shape index (κ1) is 16.5. The summed E-state index contributed by atoms with van der Waals surface area (Å²) in [7, 11) is 0. The van der Waals surface area contributed by atoms with Crippen molar-refractivity contribution in [2.45, 2.75) is 58.5 Å². The summed E-state index contributed by atoms with van der Waals surface area (Å²) in [6.45, 7) is 6.42. The van der Waals surface area contributed by atoms with Gasteiger partial charge in [-0.2, -0.15) is 0 Å². The lowest BCUT2D eigenvalue weighted by Gasteiger charge is -2.19. The van der Waals surface area contributed by atoms with Crippen molar-refractivity contribution in [3.63, 3.8) is 0 Å². The number of unbranched alkanes of at least 4 members (excludes halogenated alkanes) is 3. The normalized spacial score (nSPS) is 11.2. The zero-order chi connectivity index (χ0) is 14.8. The molecule has 0 atom stereocenters. The molecule has 1 aromatic carbocycles. The predicted molar refractivity (Wildman–Crippen MR) is 80.9 cm³/mol. The average molecular weight is 278 g/mol. The van der Waals surface area contributed by atoms with Crippen LogP contribution in [-0.2, 0) is 9.53 Å². The lowest BCUT2D eigenvalue weighted by molar-refractivity contribution is -0.154. The summed E-state index contributed by atoms with van der Waals surface area (Å²) < 4.78 is 10.9. The first-order chi connectivity index (χ1) is 9.47. The van der Waals surface area contributed by atoms with Gasteiger partial charge in [0.05, 0.1) is 6.61 Å². The summed E-state index contributed by atoms with van der Waals surface area (Å²) >= 11 is 0. The number of rotatable bonds is 8. The van der Waals surface area contributed by atoms with Crippen LogP contribution in [0.25, 0.3) is 0 Å². The van der Waals surface area contributed by atoms with Crippen LogP contribution in [0.2, 0.25) is 0 Å². The Morgan fingerprint density at radius 3 is 2.30 bits per heavy atom. The summed E-state index contributed by atoms with van der Waals surface area (Å²) in [6, 6.07) is 9.83. The highest BCUT2D eigenvalue weighted by atomic mass is 16.6. The number of para-hydroxylation sites is 1. The van der Waals surface area contributed by atoms with Crippen LogP contribution in [-0.4, -0.2) is 18.2 Å². The fourth-order valence-corrected chi connectivity index (χ4v) is 1.82. The van der Waals surface area contributed by atoms with Crippen molar-refractivity contribution in [1.82, 2.24) is 0 Å². The molecule has 0 saturated heterocycles. The monoisotopic (exact) mass is 278 g/mol. The lowest BCUT2D eigenvalue weighted by atomic mass is 10.1. The van der Waals surface area contributed by atoms with E-state index in [-0.39, 0.29) is 11.6 Å². The van der Waals surface area contributed by atoms with Crippen molar-refractivity contribution in [3.8, 4) is 5.75 Å². The lowest BCUT2D eigenvalue weighted by Crippen LogP contribution is -2.23. The Hall–Kier alpha value is -1.51. The first-order valence-corrected chi connectivity index (χ1v) is 7.37. The van der Waals surface area contributed by atoms with Gasteiger partial charge in [0.1, 0.15) is 11.4 Å². The average Bonchev–Trinajstić information content (AvgIpc) is 2.37. The Morgan fingerprint density at radius 2 is 1.65 bits per heavy atom. The van der Waals surface area contributed by atoms with Gasteiger partial charge in [0.15, 0.2) is 0 Å². The van der Waals surface area contributed by atoms with Crippen LogP contribution in [0, 0.1) is 0 Å². The highest BCUT2D eigenvalue weighted by molar-refractivity contribution is 5.69. The first-order valence-electron chi connectivity index (χ1n) is 7.37. The van der Waals surface area contributed by atoms with E-state index in [1.54, 1.807) is 0 Å². The molecule has 0 N–H and O–H groups in total. The van der Waals surface area contributed by atoms with Crippen molar-refractivity contribution < 1.29 is 14.3 Å². The van der Waals surface area contributed by atoms with Crippen molar-refractivity contribution in [2.75, 3.05) is 6.61 Å². The number of benzene rings is 1. The van der Waals surface area contributed by atoms with Gasteiger partial charge in [-0.05, 0) is 45.7 Å². The molecule has 0 aliphatic rings. The maximum absolute atomic E-state index is 11.5. The van der Waals surface area contributed by atoms with Gasteiger partial charge < -0.3 is 9.47 Å². The third kappa shape index (κ3) is 8.57.